The summed E-state index contributed by atoms with van der Waals surface area (Å²) in [5, 5.41) is 7.33. The van der Waals surface area contributed by atoms with Crippen LogP contribution in [0.4, 0.5) is 0 Å². The van der Waals surface area contributed by atoms with E-state index in [9.17, 15) is 4.79 Å². The van der Waals surface area contributed by atoms with Crippen LogP contribution < -0.4 is 10.6 Å². The van der Waals surface area contributed by atoms with Crippen LogP contribution in [0.15, 0.2) is 12.1 Å². The topological polar surface area (TPSA) is 54.0 Å². The summed E-state index contributed by atoms with van der Waals surface area (Å²) in [6.45, 7) is 5.92. The zero-order valence-electron chi connectivity index (χ0n) is 12.5. The first-order chi connectivity index (χ1) is 10.5. The first-order valence-corrected chi connectivity index (χ1v) is 9.30. The Hall–Kier alpha value is -0.950. The molecule has 0 aromatic carbocycles. The van der Waals surface area contributed by atoms with E-state index in [-0.39, 0.29) is 11.9 Å². The van der Waals surface area contributed by atoms with Gasteiger partial charge < -0.3 is 10.6 Å². The quantitative estimate of drug-likeness (QED) is 0.885. The number of piperidine rings is 1. The monoisotopic (exact) mass is 355 g/mol. The first kappa shape index (κ1) is 15.9. The summed E-state index contributed by atoms with van der Waals surface area (Å²) in [5.41, 5.74) is 0.776. The molecule has 118 valence electrons. The summed E-state index contributed by atoms with van der Waals surface area (Å²) < 4.78 is 0.732. The van der Waals surface area contributed by atoms with Gasteiger partial charge in [0, 0.05) is 12.6 Å². The van der Waals surface area contributed by atoms with Crippen LogP contribution in [-0.4, -0.2) is 30.0 Å². The molecule has 22 heavy (non-hydrogen) atoms. The lowest BCUT2D eigenvalue weighted by Gasteiger charge is -2.30. The molecule has 1 amide bonds. The standard InChI is InChI=1S/C15H18ClN3OS2/c1-8-5-6-17-7-10(8)19-14(20)13-9(2)18-15(22-13)11-3-4-12(16)21-11/h3-4,8,10,17H,5-7H2,1-2H3,(H,19,20). The van der Waals surface area contributed by atoms with E-state index in [1.165, 1.54) is 22.7 Å². The molecule has 4 nitrogen and oxygen atoms in total. The van der Waals surface area contributed by atoms with E-state index in [1.807, 2.05) is 19.1 Å². The zero-order chi connectivity index (χ0) is 15.7. The van der Waals surface area contributed by atoms with E-state index in [4.69, 9.17) is 11.6 Å². The molecule has 0 aliphatic carbocycles. The van der Waals surface area contributed by atoms with Crippen molar-refractivity contribution in [3.8, 4) is 9.88 Å². The van der Waals surface area contributed by atoms with E-state index >= 15 is 0 Å². The second-order valence-corrected chi connectivity index (χ2v) is 8.30. The number of aryl methyl sites for hydroxylation is 1. The fourth-order valence-corrected chi connectivity index (χ4v) is 4.63. The predicted octanol–water partition coefficient (Wildman–Crippen LogP) is 3.56. The number of carbonyl (C=O) groups excluding carboxylic acids is 1. The molecule has 0 bridgehead atoms. The lowest BCUT2D eigenvalue weighted by Crippen LogP contribution is -2.50. The van der Waals surface area contributed by atoms with Crippen molar-refractivity contribution in [2.75, 3.05) is 13.1 Å². The van der Waals surface area contributed by atoms with E-state index in [0.717, 1.165) is 39.4 Å². The zero-order valence-corrected chi connectivity index (χ0v) is 14.9. The molecule has 2 aromatic heterocycles. The number of halogens is 1. The van der Waals surface area contributed by atoms with Crippen LogP contribution in [-0.2, 0) is 0 Å². The molecule has 2 aromatic rings. The number of aromatic nitrogens is 1. The van der Waals surface area contributed by atoms with Crippen molar-refractivity contribution in [3.63, 3.8) is 0 Å². The Bertz CT molecular complexity index is 682. The summed E-state index contributed by atoms with van der Waals surface area (Å²) in [5.74, 6) is 0.471. The van der Waals surface area contributed by atoms with Gasteiger partial charge in [0.15, 0.2) is 0 Å². The third kappa shape index (κ3) is 3.35. The number of thiazole rings is 1. The number of carbonyl (C=O) groups is 1. The van der Waals surface area contributed by atoms with Crippen LogP contribution in [0.2, 0.25) is 4.34 Å². The fraction of sp³-hybridized carbons (Fsp3) is 0.467. The van der Waals surface area contributed by atoms with Gasteiger partial charge in [0.25, 0.3) is 5.91 Å². The Morgan fingerprint density at radius 3 is 2.95 bits per heavy atom. The first-order valence-electron chi connectivity index (χ1n) is 7.29. The number of hydrogen-bond donors (Lipinski definition) is 2. The second-order valence-electron chi connectivity index (χ2n) is 5.59. The summed E-state index contributed by atoms with van der Waals surface area (Å²) in [6, 6.07) is 3.98. The summed E-state index contributed by atoms with van der Waals surface area (Å²) >= 11 is 8.89. The molecule has 3 rings (SSSR count). The van der Waals surface area contributed by atoms with Gasteiger partial charge in [0.05, 0.1) is 14.9 Å². The number of thiophene rings is 1. The van der Waals surface area contributed by atoms with Gasteiger partial charge in [-0.15, -0.1) is 22.7 Å². The molecule has 0 saturated carbocycles. The molecule has 7 heteroatoms. The van der Waals surface area contributed by atoms with Crippen molar-refractivity contribution in [3.05, 3.63) is 27.0 Å². The predicted molar refractivity (Wildman–Crippen MR) is 93.1 cm³/mol. The van der Waals surface area contributed by atoms with Gasteiger partial charge in [-0.25, -0.2) is 4.98 Å². The van der Waals surface area contributed by atoms with Gasteiger partial charge in [0.2, 0.25) is 0 Å². The van der Waals surface area contributed by atoms with Crippen LogP contribution in [0.5, 0.6) is 0 Å². The lowest BCUT2D eigenvalue weighted by atomic mass is 9.95. The maximum Gasteiger partial charge on any atom is 0.263 e. The minimum atomic E-state index is -0.0237. The number of hydrogen-bond acceptors (Lipinski definition) is 5. The maximum absolute atomic E-state index is 12.5. The van der Waals surface area contributed by atoms with Gasteiger partial charge >= 0.3 is 0 Å². The Balaban J connectivity index is 1.76. The number of nitrogens with one attached hydrogen (secondary N) is 2. The van der Waals surface area contributed by atoms with Gasteiger partial charge in [0.1, 0.15) is 9.88 Å². The SMILES string of the molecule is Cc1nc(-c2ccc(Cl)s2)sc1C(=O)NC1CNCCC1C. The van der Waals surface area contributed by atoms with Crippen LogP contribution in [0.3, 0.4) is 0 Å². The molecule has 0 spiro atoms. The van der Waals surface area contributed by atoms with Crippen molar-refractivity contribution in [2.24, 2.45) is 5.92 Å². The van der Waals surface area contributed by atoms with Crippen LogP contribution in [0.1, 0.15) is 28.7 Å². The van der Waals surface area contributed by atoms with E-state index < -0.39 is 0 Å². The average molecular weight is 356 g/mol. The summed E-state index contributed by atoms with van der Waals surface area (Å²) in [7, 11) is 0. The van der Waals surface area contributed by atoms with Crippen LogP contribution in [0.25, 0.3) is 9.88 Å². The molecule has 2 unspecified atom stereocenters. The lowest BCUT2D eigenvalue weighted by molar-refractivity contribution is 0.0918. The highest BCUT2D eigenvalue weighted by atomic mass is 35.5. The number of amides is 1. The average Bonchev–Trinajstić information content (AvgIpc) is 3.07. The highest BCUT2D eigenvalue weighted by Crippen LogP contribution is 2.35. The van der Waals surface area contributed by atoms with Crippen LogP contribution in [0, 0.1) is 12.8 Å². The summed E-state index contributed by atoms with van der Waals surface area (Å²) in [4.78, 5) is 18.8. The molecule has 1 aliphatic rings. The minimum Gasteiger partial charge on any atom is -0.347 e. The molecule has 3 heterocycles. The Morgan fingerprint density at radius 2 is 2.27 bits per heavy atom. The molecule has 1 aliphatic heterocycles. The van der Waals surface area contributed by atoms with Gasteiger partial charge in [-0.1, -0.05) is 18.5 Å². The summed E-state index contributed by atoms with van der Waals surface area (Å²) in [6.07, 6.45) is 1.09. The molecule has 0 radical (unpaired) electrons. The number of nitrogens with zero attached hydrogens (tertiary/aromatic N) is 1. The van der Waals surface area contributed by atoms with E-state index in [0.29, 0.717) is 10.8 Å². The van der Waals surface area contributed by atoms with Crippen molar-refractivity contribution >= 4 is 40.2 Å². The Kier molecular flexibility index (Phi) is 4.82. The molecular formula is C15H18ClN3OS2. The van der Waals surface area contributed by atoms with Crippen molar-refractivity contribution in [1.82, 2.24) is 15.6 Å². The minimum absolute atomic E-state index is 0.0237. The molecule has 1 saturated heterocycles. The van der Waals surface area contributed by atoms with Crippen LogP contribution >= 0.6 is 34.3 Å². The third-order valence-electron chi connectivity index (χ3n) is 3.93. The molecule has 2 atom stereocenters. The normalized spacial score (nSPS) is 21.8. The van der Waals surface area contributed by atoms with E-state index in [1.54, 1.807) is 0 Å². The molecule has 1 fully saturated rings. The van der Waals surface area contributed by atoms with Gasteiger partial charge in [-0.2, -0.15) is 0 Å². The maximum atomic E-state index is 12.5. The van der Waals surface area contributed by atoms with Gasteiger partial charge in [-0.3, -0.25) is 4.79 Å². The molecular weight excluding hydrogens is 338 g/mol. The van der Waals surface area contributed by atoms with E-state index in [2.05, 4.69) is 22.5 Å². The third-order valence-corrected chi connectivity index (χ3v) is 6.49. The Morgan fingerprint density at radius 1 is 1.45 bits per heavy atom. The highest BCUT2D eigenvalue weighted by Gasteiger charge is 2.25. The largest absolute Gasteiger partial charge is 0.347 e. The molecule has 2 N–H and O–H groups in total. The van der Waals surface area contributed by atoms with Gasteiger partial charge in [-0.05, 0) is 37.9 Å². The Labute approximate surface area is 142 Å². The second kappa shape index (κ2) is 6.66. The number of rotatable bonds is 3. The fourth-order valence-electron chi connectivity index (χ4n) is 2.56. The van der Waals surface area contributed by atoms with Crippen molar-refractivity contribution in [1.29, 1.82) is 0 Å². The smallest absolute Gasteiger partial charge is 0.263 e. The van der Waals surface area contributed by atoms with Crippen molar-refractivity contribution < 1.29 is 4.79 Å². The van der Waals surface area contributed by atoms with Crippen molar-refractivity contribution in [2.45, 2.75) is 26.3 Å². The highest BCUT2D eigenvalue weighted by molar-refractivity contribution is 7.24.